The van der Waals surface area contributed by atoms with Crippen molar-refractivity contribution < 1.29 is 19.3 Å². The van der Waals surface area contributed by atoms with E-state index in [2.05, 4.69) is 0 Å². The van der Waals surface area contributed by atoms with Gasteiger partial charge in [0.15, 0.2) is 17.3 Å². The summed E-state index contributed by atoms with van der Waals surface area (Å²) < 4.78 is 18.1. The Labute approximate surface area is 87.1 Å². The van der Waals surface area contributed by atoms with Gasteiger partial charge in [-0.1, -0.05) is 0 Å². The van der Waals surface area contributed by atoms with E-state index in [0.717, 1.165) is 0 Å². The zero-order valence-corrected chi connectivity index (χ0v) is 8.67. The van der Waals surface area contributed by atoms with Crippen molar-refractivity contribution >= 4 is 0 Å². The highest BCUT2D eigenvalue weighted by Gasteiger charge is 2.46. The predicted octanol–water partition coefficient (Wildman–Crippen LogP) is 1.83. The number of ether oxygens (including phenoxy) is 1. The zero-order chi connectivity index (χ0) is 11.2. The highest BCUT2D eigenvalue weighted by molar-refractivity contribution is 5.54. The van der Waals surface area contributed by atoms with Crippen LogP contribution >= 0.6 is 0 Å². The third-order valence-electron chi connectivity index (χ3n) is 2.80. The number of benzene rings is 1. The third kappa shape index (κ3) is 1.45. The first kappa shape index (κ1) is 10.2. The Kier molecular flexibility index (Phi) is 2.12. The fourth-order valence-corrected chi connectivity index (χ4v) is 1.89. The molecule has 82 valence electrons. The Bertz CT molecular complexity index is 411. The van der Waals surface area contributed by atoms with Crippen molar-refractivity contribution in [1.29, 1.82) is 0 Å². The second-order valence-corrected chi connectivity index (χ2v) is 3.96. The van der Waals surface area contributed by atoms with Crippen LogP contribution in [0.25, 0.3) is 0 Å². The molecule has 0 aliphatic heterocycles. The molecule has 0 saturated heterocycles. The summed E-state index contributed by atoms with van der Waals surface area (Å²) in [6, 6.07) is 1.27. The lowest BCUT2D eigenvalue weighted by Crippen LogP contribution is -2.08. The lowest BCUT2D eigenvalue weighted by atomic mass is 9.99. The average molecular weight is 212 g/mol. The number of halogens is 1. The molecule has 1 aliphatic carbocycles. The number of aryl methyl sites for hydroxylation is 1. The van der Waals surface area contributed by atoms with Crippen LogP contribution in [0.2, 0.25) is 0 Å². The van der Waals surface area contributed by atoms with Crippen molar-refractivity contribution in [3.05, 3.63) is 23.0 Å². The van der Waals surface area contributed by atoms with E-state index in [4.69, 9.17) is 4.74 Å². The van der Waals surface area contributed by atoms with Gasteiger partial charge in [0.2, 0.25) is 0 Å². The summed E-state index contributed by atoms with van der Waals surface area (Å²) in [7, 11) is 1.29. The van der Waals surface area contributed by atoms with Crippen LogP contribution in [0.15, 0.2) is 6.07 Å². The van der Waals surface area contributed by atoms with Crippen molar-refractivity contribution in [3.63, 3.8) is 0 Å². The molecule has 1 aromatic rings. The molecular formula is C11H13FO3. The van der Waals surface area contributed by atoms with Crippen LogP contribution in [0.4, 0.5) is 4.39 Å². The van der Waals surface area contributed by atoms with Crippen LogP contribution < -0.4 is 4.74 Å². The summed E-state index contributed by atoms with van der Waals surface area (Å²) in [6.07, 6.45) is 1.19. The number of phenolic OH excluding ortho intramolecular Hbond substituents is 1. The molecule has 0 spiro atoms. The average Bonchev–Trinajstić information content (AvgIpc) is 2.83. The van der Waals surface area contributed by atoms with Gasteiger partial charge in [-0.2, -0.15) is 0 Å². The maximum absolute atomic E-state index is 13.3. The van der Waals surface area contributed by atoms with Crippen LogP contribution in [0, 0.1) is 12.7 Å². The van der Waals surface area contributed by atoms with Gasteiger partial charge in [0.1, 0.15) is 0 Å². The maximum Gasteiger partial charge on any atom is 0.196 e. The smallest absolute Gasteiger partial charge is 0.196 e. The quantitative estimate of drug-likeness (QED) is 0.786. The molecule has 0 radical (unpaired) electrons. The van der Waals surface area contributed by atoms with Gasteiger partial charge in [0.25, 0.3) is 0 Å². The fourth-order valence-electron chi connectivity index (χ4n) is 1.89. The third-order valence-corrected chi connectivity index (χ3v) is 2.80. The van der Waals surface area contributed by atoms with E-state index in [1.165, 1.54) is 13.2 Å². The molecule has 0 atom stereocenters. The fraction of sp³-hybridized carbons (Fsp3) is 0.455. The Morgan fingerprint density at radius 2 is 2.07 bits per heavy atom. The second kappa shape index (κ2) is 3.10. The van der Waals surface area contributed by atoms with Gasteiger partial charge in [-0.3, -0.25) is 0 Å². The van der Waals surface area contributed by atoms with Gasteiger partial charge in [0, 0.05) is 5.56 Å². The van der Waals surface area contributed by atoms with Crippen LogP contribution in [-0.2, 0) is 5.60 Å². The second-order valence-electron chi connectivity index (χ2n) is 3.96. The van der Waals surface area contributed by atoms with Gasteiger partial charge in [-0.05, 0) is 31.4 Å². The summed E-state index contributed by atoms with van der Waals surface area (Å²) in [5, 5.41) is 19.7. The van der Waals surface area contributed by atoms with E-state index in [1.54, 1.807) is 6.92 Å². The highest BCUT2D eigenvalue weighted by Crippen LogP contribution is 2.52. The summed E-state index contributed by atoms with van der Waals surface area (Å²) >= 11 is 0. The van der Waals surface area contributed by atoms with Gasteiger partial charge < -0.3 is 14.9 Å². The molecule has 15 heavy (non-hydrogen) atoms. The van der Waals surface area contributed by atoms with Gasteiger partial charge >= 0.3 is 0 Å². The number of aromatic hydroxyl groups is 1. The van der Waals surface area contributed by atoms with Crippen LogP contribution in [-0.4, -0.2) is 17.3 Å². The van der Waals surface area contributed by atoms with Crippen molar-refractivity contribution in [2.75, 3.05) is 7.11 Å². The largest absolute Gasteiger partial charge is 0.504 e. The number of methoxy groups -OCH3 is 1. The SMILES string of the molecule is COc1c(F)cc(C)c(C2(O)CC2)c1O. The van der Waals surface area contributed by atoms with Gasteiger partial charge in [-0.25, -0.2) is 4.39 Å². The number of hydrogen-bond acceptors (Lipinski definition) is 3. The van der Waals surface area contributed by atoms with Crippen LogP contribution in [0.1, 0.15) is 24.0 Å². The molecule has 0 aromatic heterocycles. The van der Waals surface area contributed by atoms with Crippen molar-refractivity contribution in [3.8, 4) is 11.5 Å². The first-order valence-corrected chi connectivity index (χ1v) is 4.78. The molecule has 1 fully saturated rings. The monoisotopic (exact) mass is 212 g/mol. The molecule has 3 nitrogen and oxygen atoms in total. The first-order chi connectivity index (χ1) is 6.99. The number of phenols is 1. The van der Waals surface area contributed by atoms with Crippen LogP contribution in [0.5, 0.6) is 11.5 Å². The number of rotatable bonds is 2. The van der Waals surface area contributed by atoms with E-state index in [1.807, 2.05) is 0 Å². The van der Waals surface area contributed by atoms with Crippen molar-refractivity contribution in [2.24, 2.45) is 0 Å². The highest BCUT2D eigenvalue weighted by atomic mass is 19.1. The Balaban J connectivity index is 2.64. The summed E-state index contributed by atoms with van der Waals surface area (Å²) in [4.78, 5) is 0. The molecule has 0 heterocycles. The predicted molar refractivity (Wildman–Crippen MR) is 52.5 cm³/mol. The molecule has 1 saturated carbocycles. The van der Waals surface area contributed by atoms with Crippen molar-refractivity contribution in [2.45, 2.75) is 25.4 Å². The molecule has 0 amide bonds. The minimum absolute atomic E-state index is 0.198. The lowest BCUT2D eigenvalue weighted by Gasteiger charge is -2.16. The maximum atomic E-state index is 13.3. The molecule has 0 bridgehead atoms. The topological polar surface area (TPSA) is 49.7 Å². The number of aliphatic hydroxyl groups is 1. The Morgan fingerprint density at radius 1 is 1.47 bits per heavy atom. The van der Waals surface area contributed by atoms with Crippen LogP contribution in [0.3, 0.4) is 0 Å². The molecule has 4 heteroatoms. The lowest BCUT2D eigenvalue weighted by molar-refractivity contribution is 0.146. The van der Waals surface area contributed by atoms with E-state index in [-0.39, 0.29) is 11.5 Å². The minimum Gasteiger partial charge on any atom is -0.504 e. The minimum atomic E-state index is -0.991. The number of hydrogen-bond donors (Lipinski definition) is 2. The van der Waals surface area contributed by atoms with E-state index < -0.39 is 11.4 Å². The molecule has 1 aliphatic rings. The molecule has 0 unspecified atom stereocenters. The first-order valence-electron chi connectivity index (χ1n) is 4.78. The summed E-state index contributed by atoms with van der Waals surface area (Å²) in [5.41, 5.74) is -0.0543. The van der Waals surface area contributed by atoms with Crippen molar-refractivity contribution in [1.82, 2.24) is 0 Å². The van der Waals surface area contributed by atoms with E-state index in [0.29, 0.717) is 24.0 Å². The summed E-state index contributed by atoms with van der Waals surface area (Å²) in [6.45, 7) is 1.66. The van der Waals surface area contributed by atoms with E-state index >= 15 is 0 Å². The van der Waals surface area contributed by atoms with E-state index in [9.17, 15) is 14.6 Å². The normalized spacial score (nSPS) is 17.6. The zero-order valence-electron chi connectivity index (χ0n) is 8.67. The van der Waals surface area contributed by atoms with Gasteiger partial charge in [0.05, 0.1) is 12.7 Å². The molecule has 2 N–H and O–H groups in total. The molecular weight excluding hydrogens is 199 g/mol. The van der Waals surface area contributed by atoms with Gasteiger partial charge in [-0.15, -0.1) is 0 Å². The molecule has 1 aromatic carbocycles. The Morgan fingerprint density at radius 3 is 2.53 bits per heavy atom. The summed E-state index contributed by atoms with van der Waals surface area (Å²) in [5.74, 6) is -1.09. The Hall–Kier alpha value is -1.29. The standard InChI is InChI=1S/C11H13FO3/c1-6-5-7(12)10(15-2)9(13)8(6)11(14)3-4-11/h5,13-14H,3-4H2,1-2H3. The molecule has 2 rings (SSSR count).